The van der Waals surface area contributed by atoms with Crippen LogP contribution in [0.15, 0.2) is 48.5 Å². The summed E-state index contributed by atoms with van der Waals surface area (Å²) in [5.74, 6) is 0.871. The molecule has 32 heavy (non-hydrogen) atoms. The van der Waals surface area contributed by atoms with Crippen molar-refractivity contribution in [3.05, 3.63) is 59.7 Å². The maximum Gasteiger partial charge on any atom is 0.416 e. The van der Waals surface area contributed by atoms with Crippen molar-refractivity contribution in [1.29, 1.82) is 0 Å². The minimum absolute atomic E-state index is 0.0686. The summed E-state index contributed by atoms with van der Waals surface area (Å²) >= 11 is 0. The zero-order valence-corrected chi connectivity index (χ0v) is 17.7. The Morgan fingerprint density at radius 2 is 1.84 bits per heavy atom. The highest BCUT2D eigenvalue weighted by atomic mass is 19.4. The number of halogens is 3. The molecule has 0 saturated carbocycles. The average molecular weight is 448 g/mol. The molecule has 2 N–H and O–H groups in total. The molecule has 2 aliphatic heterocycles. The van der Waals surface area contributed by atoms with Crippen LogP contribution in [0.2, 0.25) is 0 Å². The summed E-state index contributed by atoms with van der Waals surface area (Å²) in [5.41, 5.74) is 1.05. The average Bonchev–Trinajstić information content (AvgIpc) is 2.79. The molecule has 2 aromatic rings. The van der Waals surface area contributed by atoms with Gasteiger partial charge in [0.1, 0.15) is 12.4 Å². The third-order valence-electron chi connectivity index (χ3n) is 5.84. The molecule has 9 heteroatoms. The van der Waals surface area contributed by atoms with E-state index in [1.165, 1.54) is 12.1 Å². The highest BCUT2D eigenvalue weighted by Crippen LogP contribution is 2.31. The van der Waals surface area contributed by atoms with Gasteiger partial charge in [0.15, 0.2) is 0 Å². The van der Waals surface area contributed by atoms with Crippen molar-refractivity contribution in [2.45, 2.75) is 18.6 Å². The molecule has 4 rings (SSSR count). The van der Waals surface area contributed by atoms with Gasteiger partial charge in [0.2, 0.25) is 0 Å². The van der Waals surface area contributed by atoms with Gasteiger partial charge < -0.3 is 20.3 Å². The first-order chi connectivity index (χ1) is 15.4. The second kappa shape index (κ2) is 9.68. The topological polar surface area (TPSA) is 56.8 Å². The Bertz CT molecular complexity index is 929. The number of nitrogens with one attached hydrogen (secondary N) is 2. The number of hydrogen-bond donors (Lipinski definition) is 2. The van der Waals surface area contributed by atoms with Crippen LogP contribution in [-0.4, -0.2) is 62.8 Å². The molecule has 0 aromatic heterocycles. The zero-order valence-electron chi connectivity index (χ0n) is 17.7. The lowest BCUT2D eigenvalue weighted by molar-refractivity contribution is -0.137. The predicted molar refractivity (Wildman–Crippen MR) is 116 cm³/mol. The van der Waals surface area contributed by atoms with Gasteiger partial charge in [-0.05, 0) is 36.2 Å². The van der Waals surface area contributed by atoms with E-state index in [1.807, 2.05) is 29.2 Å². The molecule has 1 unspecified atom stereocenters. The number of benzene rings is 2. The highest BCUT2D eigenvalue weighted by Gasteiger charge is 2.31. The number of anilines is 1. The quantitative estimate of drug-likeness (QED) is 0.738. The highest BCUT2D eigenvalue weighted by molar-refractivity contribution is 5.74. The molecule has 6 nitrogen and oxygen atoms in total. The van der Waals surface area contributed by atoms with Gasteiger partial charge in [0.05, 0.1) is 11.6 Å². The van der Waals surface area contributed by atoms with Gasteiger partial charge in [0.25, 0.3) is 0 Å². The molecule has 2 aromatic carbocycles. The lowest BCUT2D eigenvalue weighted by Crippen LogP contribution is -2.51. The fourth-order valence-electron chi connectivity index (χ4n) is 4.09. The van der Waals surface area contributed by atoms with Crippen LogP contribution in [0.1, 0.15) is 11.1 Å². The van der Waals surface area contributed by atoms with Gasteiger partial charge in [-0.25, -0.2) is 4.79 Å². The number of alkyl halides is 3. The van der Waals surface area contributed by atoms with Crippen molar-refractivity contribution in [2.75, 3.05) is 50.8 Å². The van der Waals surface area contributed by atoms with Crippen LogP contribution >= 0.6 is 0 Å². The number of carbonyl (C=O) groups is 1. The minimum atomic E-state index is -4.34. The number of piperazine rings is 1. The zero-order chi connectivity index (χ0) is 22.6. The summed E-state index contributed by atoms with van der Waals surface area (Å²) in [5, 5.41) is 5.83. The van der Waals surface area contributed by atoms with Crippen molar-refractivity contribution >= 4 is 11.7 Å². The third kappa shape index (κ3) is 5.64. The van der Waals surface area contributed by atoms with Crippen molar-refractivity contribution in [3.63, 3.8) is 0 Å². The molecule has 172 valence electrons. The van der Waals surface area contributed by atoms with Gasteiger partial charge in [0, 0.05) is 45.0 Å². The second-order valence-corrected chi connectivity index (χ2v) is 8.10. The SMILES string of the molecule is O=C(NCCN1CCN(c2cccc(C(F)(F)F)c2)CC1)NC1COc2ccccc2C1. The van der Waals surface area contributed by atoms with E-state index < -0.39 is 11.7 Å². The minimum Gasteiger partial charge on any atom is -0.491 e. The molecular formula is C23H27F3N4O2. The van der Waals surface area contributed by atoms with Crippen molar-refractivity contribution in [2.24, 2.45) is 0 Å². The normalized spacial score (nSPS) is 19.1. The molecule has 2 amide bonds. The van der Waals surface area contributed by atoms with E-state index in [4.69, 9.17) is 4.74 Å². The number of carbonyl (C=O) groups excluding carboxylic acids is 1. The van der Waals surface area contributed by atoms with Crippen LogP contribution in [0, 0.1) is 0 Å². The van der Waals surface area contributed by atoms with Gasteiger partial charge in [-0.1, -0.05) is 24.3 Å². The van der Waals surface area contributed by atoms with E-state index in [2.05, 4.69) is 15.5 Å². The maximum absolute atomic E-state index is 12.9. The number of rotatable bonds is 5. The van der Waals surface area contributed by atoms with Gasteiger partial charge in [-0.3, -0.25) is 4.90 Å². The molecule has 1 saturated heterocycles. The molecule has 0 aliphatic carbocycles. The van der Waals surface area contributed by atoms with Crippen LogP contribution < -0.4 is 20.3 Å². The van der Waals surface area contributed by atoms with Crippen molar-refractivity contribution in [1.82, 2.24) is 15.5 Å². The first kappa shape index (κ1) is 22.3. The summed E-state index contributed by atoms with van der Waals surface area (Å²) in [4.78, 5) is 16.4. The maximum atomic E-state index is 12.9. The predicted octanol–water partition coefficient (Wildman–Crippen LogP) is 3.13. The molecule has 0 bridgehead atoms. The fraction of sp³-hybridized carbons (Fsp3) is 0.435. The first-order valence-electron chi connectivity index (χ1n) is 10.8. The second-order valence-electron chi connectivity index (χ2n) is 8.10. The van der Waals surface area contributed by atoms with Crippen LogP contribution in [0.4, 0.5) is 23.7 Å². The number of urea groups is 1. The Morgan fingerprint density at radius 3 is 2.62 bits per heavy atom. The van der Waals surface area contributed by atoms with Crippen molar-refractivity contribution < 1.29 is 22.7 Å². The smallest absolute Gasteiger partial charge is 0.416 e. The van der Waals surface area contributed by atoms with E-state index in [0.717, 1.165) is 36.9 Å². The molecule has 2 heterocycles. The summed E-state index contributed by atoms with van der Waals surface area (Å²) in [6, 6.07) is 13.0. The summed E-state index contributed by atoms with van der Waals surface area (Å²) < 4.78 is 44.5. The van der Waals surface area contributed by atoms with Crippen LogP contribution in [-0.2, 0) is 12.6 Å². The summed E-state index contributed by atoms with van der Waals surface area (Å²) in [6.07, 6.45) is -3.60. The fourth-order valence-corrected chi connectivity index (χ4v) is 4.09. The number of amides is 2. The summed E-state index contributed by atoms with van der Waals surface area (Å²) in [6.45, 7) is 4.38. The third-order valence-corrected chi connectivity index (χ3v) is 5.84. The number of hydrogen-bond acceptors (Lipinski definition) is 4. The van der Waals surface area contributed by atoms with Crippen LogP contribution in [0.25, 0.3) is 0 Å². The lowest BCUT2D eigenvalue weighted by atomic mass is 10.0. The van der Waals surface area contributed by atoms with E-state index in [-0.39, 0.29) is 12.1 Å². The molecule has 1 atom stereocenters. The largest absolute Gasteiger partial charge is 0.491 e. The monoisotopic (exact) mass is 448 g/mol. The Kier molecular flexibility index (Phi) is 6.74. The molecule has 1 fully saturated rings. The number of ether oxygens (including phenoxy) is 1. The first-order valence-corrected chi connectivity index (χ1v) is 10.8. The van der Waals surface area contributed by atoms with E-state index in [1.54, 1.807) is 6.07 Å². The molecule has 0 spiro atoms. The van der Waals surface area contributed by atoms with E-state index in [9.17, 15) is 18.0 Å². The van der Waals surface area contributed by atoms with E-state index in [0.29, 0.717) is 38.5 Å². The van der Waals surface area contributed by atoms with E-state index >= 15 is 0 Å². The standard InChI is InChI=1S/C23H27F3N4O2/c24-23(25,26)18-5-3-6-20(15-18)30-12-10-29(11-13-30)9-8-27-22(31)28-19-14-17-4-1-2-7-21(17)32-16-19/h1-7,15,19H,8-14,16H2,(H2,27,28,31). The Hall–Kier alpha value is -2.94. The number of nitrogens with zero attached hydrogens (tertiary/aromatic N) is 2. The number of para-hydroxylation sites is 1. The Balaban J connectivity index is 1.16. The van der Waals surface area contributed by atoms with Gasteiger partial charge >= 0.3 is 12.2 Å². The summed E-state index contributed by atoms with van der Waals surface area (Å²) in [7, 11) is 0. The lowest BCUT2D eigenvalue weighted by Gasteiger charge is -2.36. The Morgan fingerprint density at radius 1 is 1.06 bits per heavy atom. The molecular weight excluding hydrogens is 421 g/mol. The number of fused-ring (bicyclic) bond motifs is 1. The Labute approximate surface area is 185 Å². The van der Waals surface area contributed by atoms with Gasteiger partial charge in [-0.15, -0.1) is 0 Å². The van der Waals surface area contributed by atoms with Crippen LogP contribution in [0.5, 0.6) is 5.75 Å². The van der Waals surface area contributed by atoms with Gasteiger partial charge in [-0.2, -0.15) is 13.2 Å². The van der Waals surface area contributed by atoms with Crippen molar-refractivity contribution in [3.8, 4) is 5.75 Å². The molecule has 2 aliphatic rings. The van der Waals surface area contributed by atoms with Crippen LogP contribution in [0.3, 0.4) is 0 Å². The molecule has 0 radical (unpaired) electrons.